The molecule has 0 saturated heterocycles. The Morgan fingerprint density at radius 3 is 2.26 bits per heavy atom. The summed E-state index contributed by atoms with van der Waals surface area (Å²) in [4.78, 5) is 0.326. The zero-order chi connectivity index (χ0) is 14.6. The Kier molecular flexibility index (Phi) is 5.52. The first kappa shape index (κ1) is 16.1. The van der Waals surface area contributed by atoms with E-state index in [-0.39, 0.29) is 6.04 Å². The van der Waals surface area contributed by atoms with Crippen LogP contribution >= 0.6 is 0 Å². The molecule has 0 atom stereocenters. The summed E-state index contributed by atoms with van der Waals surface area (Å²) >= 11 is 0. The quantitative estimate of drug-likeness (QED) is 0.842. The molecule has 108 valence electrons. The molecule has 0 spiro atoms. The zero-order valence-electron chi connectivity index (χ0n) is 12.3. The topological polar surface area (TPSA) is 58.2 Å². The monoisotopic (exact) mass is 284 g/mol. The van der Waals surface area contributed by atoms with Crippen LogP contribution in [0.1, 0.15) is 38.8 Å². The van der Waals surface area contributed by atoms with Crippen LogP contribution in [0.2, 0.25) is 0 Å². The highest BCUT2D eigenvalue weighted by molar-refractivity contribution is 7.89. The van der Waals surface area contributed by atoms with Gasteiger partial charge in [0.25, 0.3) is 0 Å². The highest BCUT2D eigenvalue weighted by atomic mass is 32.2. The summed E-state index contributed by atoms with van der Waals surface area (Å²) in [7, 11) is -3.42. The fourth-order valence-corrected chi connectivity index (χ4v) is 3.00. The second kappa shape index (κ2) is 6.50. The lowest BCUT2D eigenvalue weighted by molar-refractivity contribution is 0.568. The SMILES string of the molecule is Cc1ccc(S(=O)(=O)NC(C)C)cc1CNC(C)C. The minimum Gasteiger partial charge on any atom is -0.310 e. The minimum atomic E-state index is -3.42. The summed E-state index contributed by atoms with van der Waals surface area (Å²) in [5, 5.41) is 3.31. The van der Waals surface area contributed by atoms with Gasteiger partial charge in [0.2, 0.25) is 10.0 Å². The van der Waals surface area contributed by atoms with Crippen molar-refractivity contribution in [2.24, 2.45) is 0 Å². The van der Waals surface area contributed by atoms with Crippen LogP contribution in [-0.2, 0) is 16.6 Å². The number of sulfonamides is 1. The van der Waals surface area contributed by atoms with E-state index in [9.17, 15) is 8.42 Å². The van der Waals surface area contributed by atoms with E-state index in [1.54, 1.807) is 12.1 Å². The van der Waals surface area contributed by atoms with Gasteiger partial charge < -0.3 is 5.32 Å². The molecule has 2 N–H and O–H groups in total. The molecule has 1 aromatic carbocycles. The first-order valence-electron chi connectivity index (χ1n) is 6.57. The normalized spacial score (nSPS) is 12.4. The summed E-state index contributed by atoms with van der Waals surface area (Å²) in [6.45, 7) is 10.4. The van der Waals surface area contributed by atoms with Gasteiger partial charge in [0, 0.05) is 18.6 Å². The van der Waals surface area contributed by atoms with Crippen LogP contribution in [0.3, 0.4) is 0 Å². The van der Waals surface area contributed by atoms with Crippen molar-refractivity contribution in [1.82, 2.24) is 10.0 Å². The highest BCUT2D eigenvalue weighted by Gasteiger charge is 2.16. The lowest BCUT2D eigenvalue weighted by Gasteiger charge is -2.14. The van der Waals surface area contributed by atoms with Crippen LogP contribution < -0.4 is 10.0 Å². The largest absolute Gasteiger partial charge is 0.310 e. The summed E-state index contributed by atoms with van der Waals surface area (Å²) in [6.07, 6.45) is 0. The van der Waals surface area contributed by atoms with Crippen molar-refractivity contribution in [2.45, 2.75) is 58.1 Å². The zero-order valence-corrected chi connectivity index (χ0v) is 13.1. The van der Waals surface area contributed by atoms with Gasteiger partial charge in [-0.15, -0.1) is 0 Å². The summed E-state index contributed by atoms with van der Waals surface area (Å²) in [5.74, 6) is 0. The maximum atomic E-state index is 12.1. The third-order valence-electron chi connectivity index (χ3n) is 2.72. The van der Waals surface area contributed by atoms with Gasteiger partial charge in [-0.05, 0) is 44.0 Å². The predicted molar refractivity (Wildman–Crippen MR) is 78.6 cm³/mol. The van der Waals surface area contributed by atoms with E-state index < -0.39 is 10.0 Å². The number of aryl methyl sites for hydroxylation is 1. The molecule has 0 unspecified atom stereocenters. The Balaban J connectivity index is 3.01. The molecule has 0 aromatic heterocycles. The Morgan fingerprint density at radius 1 is 1.11 bits per heavy atom. The second-order valence-corrected chi connectivity index (χ2v) is 7.11. The molecule has 0 amide bonds. The third kappa shape index (κ3) is 4.93. The predicted octanol–water partition coefficient (Wildman–Crippen LogP) is 2.18. The number of nitrogens with one attached hydrogen (secondary N) is 2. The van der Waals surface area contributed by atoms with Crippen molar-refractivity contribution in [3.8, 4) is 0 Å². The molecule has 1 rings (SSSR count). The van der Waals surface area contributed by atoms with E-state index in [0.29, 0.717) is 17.5 Å². The van der Waals surface area contributed by atoms with Gasteiger partial charge in [0.05, 0.1) is 4.90 Å². The van der Waals surface area contributed by atoms with Crippen LogP contribution in [0.4, 0.5) is 0 Å². The summed E-state index contributed by atoms with van der Waals surface area (Å²) in [6, 6.07) is 5.51. The molecule has 5 heteroatoms. The molecule has 19 heavy (non-hydrogen) atoms. The Labute approximate surface area is 116 Å². The number of hydrogen-bond acceptors (Lipinski definition) is 3. The standard InChI is InChI=1S/C14H24N2O2S/c1-10(2)15-9-13-8-14(7-6-12(13)5)19(17,18)16-11(3)4/h6-8,10-11,15-16H,9H2,1-5H3. The van der Waals surface area contributed by atoms with Crippen molar-refractivity contribution in [3.05, 3.63) is 29.3 Å². The minimum absolute atomic E-state index is 0.108. The van der Waals surface area contributed by atoms with Crippen molar-refractivity contribution >= 4 is 10.0 Å². The molecule has 0 heterocycles. The third-order valence-corrected chi connectivity index (χ3v) is 4.38. The summed E-state index contributed by atoms with van der Waals surface area (Å²) in [5.41, 5.74) is 2.11. The van der Waals surface area contributed by atoms with Crippen LogP contribution in [-0.4, -0.2) is 20.5 Å². The molecule has 0 saturated carbocycles. The number of benzene rings is 1. The molecule has 0 radical (unpaired) electrons. The van der Waals surface area contributed by atoms with Gasteiger partial charge in [-0.3, -0.25) is 0 Å². The van der Waals surface area contributed by atoms with Gasteiger partial charge >= 0.3 is 0 Å². The van der Waals surface area contributed by atoms with E-state index in [0.717, 1.165) is 11.1 Å². The molecule has 1 aromatic rings. The Bertz CT molecular complexity index is 522. The Hall–Kier alpha value is -0.910. The van der Waals surface area contributed by atoms with Crippen molar-refractivity contribution < 1.29 is 8.42 Å². The van der Waals surface area contributed by atoms with E-state index >= 15 is 0 Å². The number of rotatable bonds is 6. The van der Waals surface area contributed by atoms with Gasteiger partial charge in [-0.25, -0.2) is 13.1 Å². The van der Waals surface area contributed by atoms with E-state index in [1.807, 2.05) is 26.8 Å². The second-order valence-electron chi connectivity index (χ2n) is 5.40. The summed E-state index contributed by atoms with van der Waals surface area (Å²) < 4.78 is 26.8. The highest BCUT2D eigenvalue weighted by Crippen LogP contribution is 2.16. The van der Waals surface area contributed by atoms with Gasteiger partial charge in [-0.2, -0.15) is 0 Å². The average Bonchev–Trinajstić information content (AvgIpc) is 2.25. The van der Waals surface area contributed by atoms with Crippen LogP contribution in [0.15, 0.2) is 23.1 Å². The van der Waals surface area contributed by atoms with Gasteiger partial charge in [-0.1, -0.05) is 19.9 Å². The molecule has 0 aliphatic heterocycles. The Morgan fingerprint density at radius 2 is 1.74 bits per heavy atom. The maximum Gasteiger partial charge on any atom is 0.240 e. The lowest BCUT2D eigenvalue weighted by Crippen LogP contribution is -2.30. The van der Waals surface area contributed by atoms with Crippen LogP contribution in [0, 0.1) is 6.92 Å². The van der Waals surface area contributed by atoms with Gasteiger partial charge in [0.1, 0.15) is 0 Å². The van der Waals surface area contributed by atoms with Gasteiger partial charge in [0.15, 0.2) is 0 Å². The van der Waals surface area contributed by atoms with E-state index in [2.05, 4.69) is 23.9 Å². The molecule has 4 nitrogen and oxygen atoms in total. The fraction of sp³-hybridized carbons (Fsp3) is 0.571. The smallest absolute Gasteiger partial charge is 0.240 e. The molecule has 0 fully saturated rings. The van der Waals surface area contributed by atoms with Crippen LogP contribution in [0.5, 0.6) is 0 Å². The average molecular weight is 284 g/mol. The van der Waals surface area contributed by atoms with E-state index in [1.165, 1.54) is 0 Å². The van der Waals surface area contributed by atoms with Crippen molar-refractivity contribution in [1.29, 1.82) is 0 Å². The van der Waals surface area contributed by atoms with E-state index in [4.69, 9.17) is 0 Å². The molecular weight excluding hydrogens is 260 g/mol. The number of hydrogen-bond donors (Lipinski definition) is 2. The molecule has 0 bridgehead atoms. The van der Waals surface area contributed by atoms with Crippen LogP contribution in [0.25, 0.3) is 0 Å². The maximum absolute atomic E-state index is 12.1. The van der Waals surface area contributed by atoms with Crippen molar-refractivity contribution in [2.75, 3.05) is 0 Å². The first-order valence-corrected chi connectivity index (χ1v) is 8.06. The lowest BCUT2D eigenvalue weighted by atomic mass is 10.1. The molecule has 0 aliphatic carbocycles. The first-order chi connectivity index (χ1) is 8.72. The van der Waals surface area contributed by atoms with Crippen molar-refractivity contribution in [3.63, 3.8) is 0 Å². The molecule has 0 aliphatic rings. The fourth-order valence-electron chi connectivity index (χ4n) is 1.70. The molecular formula is C14H24N2O2S.